The van der Waals surface area contributed by atoms with E-state index < -0.39 is 6.04 Å². The summed E-state index contributed by atoms with van der Waals surface area (Å²) in [6, 6.07) is 5.57. The van der Waals surface area contributed by atoms with Gasteiger partial charge in [-0.15, -0.1) is 0 Å². The first-order valence-electron chi connectivity index (χ1n) is 6.22. The highest BCUT2D eigenvalue weighted by Crippen LogP contribution is 2.19. The second-order valence-corrected chi connectivity index (χ2v) is 4.23. The predicted molar refractivity (Wildman–Crippen MR) is 69.9 cm³/mol. The highest BCUT2D eigenvalue weighted by molar-refractivity contribution is 5.79. The molecular formula is C14H20FNO2. The van der Waals surface area contributed by atoms with Crippen molar-refractivity contribution in [3.05, 3.63) is 30.1 Å². The van der Waals surface area contributed by atoms with Crippen LogP contribution in [-0.2, 0) is 9.53 Å². The molecule has 1 N–H and O–H groups in total. The summed E-state index contributed by atoms with van der Waals surface area (Å²) >= 11 is 0. The van der Waals surface area contributed by atoms with Gasteiger partial charge in [-0.25, -0.2) is 9.18 Å². The topological polar surface area (TPSA) is 38.3 Å². The van der Waals surface area contributed by atoms with E-state index in [1.54, 1.807) is 12.1 Å². The Morgan fingerprint density at radius 1 is 1.28 bits per heavy atom. The Hall–Kier alpha value is -1.58. The minimum absolute atomic E-state index is 0.197. The molecule has 1 rings (SSSR count). The zero-order valence-electron chi connectivity index (χ0n) is 11.1. The summed E-state index contributed by atoms with van der Waals surface area (Å²) in [4.78, 5) is 11.8. The van der Waals surface area contributed by atoms with Gasteiger partial charge >= 0.3 is 5.97 Å². The third-order valence-corrected chi connectivity index (χ3v) is 3.14. The Labute approximate surface area is 107 Å². The van der Waals surface area contributed by atoms with E-state index >= 15 is 0 Å². The van der Waals surface area contributed by atoms with Crippen LogP contribution in [0.15, 0.2) is 24.3 Å². The van der Waals surface area contributed by atoms with Crippen LogP contribution in [0.3, 0.4) is 0 Å². The quantitative estimate of drug-likeness (QED) is 0.791. The highest BCUT2D eigenvalue weighted by atomic mass is 19.1. The van der Waals surface area contributed by atoms with Gasteiger partial charge in [-0.3, -0.25) is 0 Å². The van der Waals surface area contributed by atoms with Crippen molar-refractivity contribution < 1.29 is 13.9 Å². The molecule has 1 atom stereocenters. The number of carbonyl (C=O) groups is 1. The monoisotopic (exact) mass is 253 g/mol. The van der Waals surface area contributed by atoms with Crippen molar-refractivity contribution in [3.8, 4) is 0 Å². The first-order valence-corrected chi connectivity index (χ1v) is 6.22. The summed E-state index contributed by atoms with van der Waals surface area (Å²) in [5.41, 5.74) is 0.721. The fourth-order valence-corrected chi connectivity index (χ4v) is 1.98. The second kappa shape index (κ2) is 6.99. The number of esters is 1. The van der Waals surface area contributed by atoms with Gasteiger partial charge < -0.3 is 10.1 Å². The molecule has 0 aliphatic carbocycles. The van der Waals surface area contributed by atoms with Crippen molar-refractivity contribution in [2.45, 2.75) is 32.7 Å². The van der Waals surface area contributed by atoms with Gasteiger partial charge in [-0.2, -0.15) is 0 Å². The van der Waals surface area contributed by atoms with Crippen LogP contribution in [0.5, 0.6) is 0 Å². The standard InChI is InChI=1S/C14H20FNO2/c1-4-10(5-2)13(14(17)18-3)16-12-8-6-11(15)7-9-12/h6-10,13,16H,4-5H2,1-3H3. The van der Waals surface area contributed by atoms with Gasteiger partial charge in [0, 0.05) is 5.69 Å². The number of carbonyl (C=O) groups excluding carboxylic acids is 1. The van der Waals surface area contributed by atoms with Crippen LogP contribution >= 0.6 is 0 Å². The Kier molecular flexibility index (Phi) is 5.62. The number of hydrogen-bond acceptors (Lipinski definition) is 3. The lowest BCUT2D eigenvalue weighted by Gasteiger charge is -2.25. The normalized spacial score (nSPS) is 12.3. The molecule has 0 spiro atoms. The van der Waals surface area contributed by atoms with Gasteiger partial charge in [0.1, 0.15) is 11.9 Å². The summed E-state index contributed by atoms with van der Waals surface area (Å²) in [5.74, 6) is -0.381. The van der Waals surface area contributed by atoms with Crippen molar-refractivity contribution in [3.63, 3.8) is 0 Å². The molecule has 0 bridgehead atoms. The number of benzene rings is 1. The lowest BCUT2D eigenvalue weighted by molar-refractivity contribution is -0.142. The van der Waals surface area contributed by atoms with E-state index in [1.807, 2.05) is 13.8 Å². The van der Waals surface area contributed by atoms with E-state index in [-0.39, 0.29) is 17.7 Å². The van der Waals surface area contributed by atoms with Gasteiger partial charge in [0.2, 0.25) is 0 Å². The van der Waals surface area contributed by atoms with Crippen molar-refractivity contribution in [2.75, 3.05) is 12.4 Å². The molecule has 0 saturated heterocycles. The van der Waals surface area contributed by atoms with Crippen molar-refractivity contribution >= 4 is 11.7 Å². The Balaban J connectivity index is 2.84. The fraction of sp³-hybridized carbons (Fsp3) is 0.500. The van der Waals surface area contributed by atoms with Crippen LogP contribution in [0.2, 0.25) is 0 Å². The molecular weight excluding hydrogens is 233 g/mol. The molecule has 0 aliphatic rings. The highest BCUT2D eigenvalue weighted by Gasteiger charge is 2.26. The largest absolute Gasteiger partial charge is 0.467 e. The molecule has 0 amide bonds. The Morgan fingerprint density at radius 2 is 1.83 bits per heavy atom. The van der Waals surface area contributed by atoms with Crippen LogP contribution in [-0.4, -0.2) is 19.1 Å². The molecule has 1 aromatic carbocycles. The number of nitrogens with one attached hydrogen (secondary N) is 1. The van der Waals surface area contributed by atoms with Crippen LogP contribution in [0.4, 0.5) is 10.1 Å². The van der Waals surface area contributed by atoms with Crippen molar-refractivity contribution in [1.29, 1.82) is 0 Å². The molecule has 4 heteroatoms. The number of anilines is 1. The zero-order chi connectivity index (χ0) is 13.5. The maximum atomic E-state index is 12.8. The molecule has 1 unspecified atom stereocenters. The van der Waals surface area contributed by atoms with E-state index in [1.165, 1.54) is 19.2 Å². The maximum Gasteiger partial charge on any atom is 0.328 e. The number of methoxy groups -OCH3 is 1. The maximum absolute atomic E-state index is 12.8. The lowest BCUT2D eigenvalue weighted by Crippen LogP contribution is -2.37. The summed E-state index contributed by atoms with van der Waals surface area (Å²) in [5, 5.41) is 3.12. The molecule has 18 heavy (non-hydrogen) atoms. The first-order chi connectivity index (χ1) is 8.62. The summed E-state index contributed by atoms with van der Waals surface area (Å²) < 4.78 is 17.6. The molecule has 100 valence electrons. The molecule has 0 aromatic heterocycles. The third kappa shape index (κ3) is 3.72. The molecule has 0 saturated carbocycles. The molecule has 0 heterocycles. The Morgan fingerprint density at radius 3 is 2.28 bits per heavy atom. The smallest absolute Gasteiger partial charge is 0.328 e. The van der Waals surface area contributed by atoms with E-state index in [0.717, 1.165) is 18.5 Å². The van der Waals surface area contributed by atoms with Crippen LogP contribution < -0.4 is 5.32 Å². The summed E-state index contributed by atoms with van der Waals surface area (Å²) in [7, 11) is 1.38. The average Bonchev–Trinajstić information content (AvgIpc) is 2.40. The molecule has 0 aliphatic heterocycles. The minimum atomic E-state index is -0.393. The third-order valence-electron chi connectivity index (χ3n) is 3.14. The van der Waals surface area contributed by atoms with E-state index in [2.05, 4.69) is 5.32 Å². The first kappa shape index (κ1) is 14.5. The number of halogens is 1. The van der Waals surface area contributed by atoms with Crippen LogP contribution in [0.1, 0.15) is 26.7 Å². The van der Waals surface area contributed by atoms with Crippen LogP contribution in [0.25, 0.3) is 0 Å². The SMILES string of the molecule is CCC(CC)C(Nc1ccc(F)cc1)C(=O)OC. The van der Waals surface area contributed by atoms with Crippen molar-refractivity contribution in [1.82, 2.24) is 0 Å². The summed E-state index contributed by atoms with van der Waals surface area (Å²) in [6.45, 7) is 4.08. The fourth-order valence-electron chi connectivity index (χ4n) is 1.98. The van der Waals surface area contributed by atoms with Gasteiger partial charge in [0.05, 0.1) is 7.11 Å². The number of ether oxygens (including phenoxy) is 1. The van der Waals surface area contributed by atoms with Gasteiger partial charge in [0.15, 0.2) is 0 Å². The summed E-state index contributed by atoms with van der Waals surface area (Å²) in [6.07, 6.45) is 1.76. The predicted octanol–water partition coefficient (Wildman–Crippen LogP) is 3.22. The molecule has 1 aromatic rings. The van der Waals surface area contributed by atoms with E-state index in [4.69, 9.17) is 4.74 Å². The second-order valence-electron chi connectivity index (χ2n) is 4.23. The van der Waals surface area contributed by atoms with Crippen LogP contribution in [0, 0.1) is 11.7 Å². The zero-order valence-corrected chi connectivity index (χ0v) is 11.1. The van der Waals surface area contributed by atoms with E-state index in [0.29, 0.717) is 0 Å². The average molecular weight is 253 g/mol. The van der Waals surface area contributed by atoms with Gasteiger partial charge in [-0.05, 0) is 30.2 Å². The van der Waals surface area contributed by atoms with E-state index in [9.17, 15) is 9.18 Å². The molecule has 0 radical (unpaired) electrons. The Bertz CT molecular complexity index is 374. The lowest BCUT2D eigenvalue weighted by atomic mass is 9.94. The number of rotatable bonds is 6. The number of hydrogen-bond donors (Lipinski definition) is 1. The molecule has 3 nitrogen and oxygen atoms in total. The van der Waals surface area contributed by atoms with Crippen molar-refractivity contribution in [2.24, 2.45) is 5.92 Å². The molecule has 0 fully saturated rings. The van der Waals surface area contributed by atoms with Gasteiger partial charge in [0.25, 0.3) is 0 Å². The van der Waals surface area contributed by atoms with Gasteiger partial charge in [-0.1, -0.05) is 26.7 Å². The minimum Gasteiger partial charge on any atom is -0.467 e.